The van der Waals surface area contributed by atoms with Gasteiger partial charge in [-0.3, -0.25) is 0 Å². The summed E-state index contributed by atoms with van der Waals surface area (Å²) in [4.78, 5) is 8.86. The molecule has 96 valence electrons. The molecule has 0 aliphatic heterocycles. The van der Waals surface area contributed by atoms with Gasteiger partial charge in [-0.15, -0.1) is 0 Å². The Kier molecular flexibility index (Phi) is 4.73. The van der Waals surface area contributed by atoms with Crippen LogP contribution in [0, 0.1) is 19.8 Å². The monoisotopic (exact) mass is 236 g/mol. The van der Waals surface area contributed by atoms with Crippen molar-refractivity contribution in [3.05, 3.63) is 11.4 Å². The summed E-state index contributed by atoms with van der Waals surface area (Å²) >= 11 is 0. The van der Waals surface area contributed by atoms with Crippen LogP contribution in [0.4, 0.5) is 11.6 Å². The zero-order chi connectivity index (χ0) is 13.0. The largest absolute Gasteiger partial charge is 0.373 e. The van der Waals surface area contributed by atoms with Crippen LogP contribution in [-0.2, 0) is 0 Å². The molecule has 0 aromatic carbocycles. The Morgan fingerprint density at radius 1 is 1.12 bits per heavy atom. The van der Waals surface area contributed by atoms with E-state index in [1.165, 1.54) is 0 Å². The lowest BCUT2D eigenvalue weighted by molar-refractivity contribution is 0.509. The molecule has 0 aliphatic rings. The molecule has 4 heteroatoms. The fourth-order valence-electron chi connectivity index (χ4n) is 1.93. The van der Waals surface area contributed by atoms with Crippen LogP contribution >= 0.6 is 0 Å². The van der Waals surface area contributed by atoms with E-state index in [2.05, 4.69) is 41.4 Å². The molecular weight excluding hydrogens is 212 g/mol. The molecule has 2 N–H and O–H groups in total. The number of aromatic nitrogens is 2. The van der Waals surface area contributed by atoms with Crippen molar-refractivity contribution in [1.82, 2.24) is 9.97 Å². The second-order valence-electron chi connectivity index (χ2n) is 4.75. The highest BCUT2D eigenvalue weighted by Gasteiger charge is 2.14. The first-order chi connectivity index (χ1) is 7.99. The summed E-state index contributed by atoms with van der Waals surface area (Å²) in [5.41, 5.74) is 1.08. The van der Waals surface area contributed by atoms with Gasteiger partial charge in [0.15, 0.2) is 0 Å². The zero-order valence-corrected chi connectivity index (χ0v) is 11.8. The summed E-state index contributed by atoms with van der Waals surface area (Å²) in [6.45, 7) is 10.6. The first-order valence-electron chi connectivity index (χ1n) is 6.29. The fraction of sp³-hybridized carbons (Fsp3) is 0.692. The summed E-state index contributed by atoms with van der Waals surface area (Å²) in [7, 11) is 1.89. The third-order valence-corrected chi connectivity index (χ3v) is 3.06. The summed E-state index contributed by atoms with van der Waals surface area (Å²) in [5, 5.41) is 6.63. The predicted octanol–water partition coefficient (Wildman–Crippen LogP) is 2.98. The van der Waals surface area contributed by atoms with Gasteiger partial charge in [0.05, 0.1) is 0 Å². The molecule has 0 saturated carbocycles. The molecule has 4 nitrogen and oxygen atoms in total. The van der Waals surface area contributed by atoms with Gasteiger partial charge in [-0.25, -0.2) is 9.97 Å². The fourth-order valence-corrected chi connectivity index (χ4v) is 1.93. The van der Waals surface area contributed by atoms with E-state index >= 15 is 0 Å². The van der Waals surface area contributed by atoms with E-state index in [9.17, 15) is 0 Å². The van der Waals surface area contributed by atoms with Crippen LogP contribution in [0.5, 0.6) is 0 Å². The van der Waals surface area contributed by atoms with Gasteiger partial charge in [0.2, 0.25) is 0 Å². The third kappa shape index (κ3) is 3.32. The molecule has 0 amide bonds. The molecule has 1 unspecified atom stereocenters. The van der Waals surface area contributed by atoms with Crippen molar-refractivity contribution in [2.75, 3.05) is 17.7 Å². The van der Waals surface area contributed by atoms with Gasteiger partial charge in [-0.2, -0.15) is 0 Å². The van der Waals surface area contributed by atoms with Gasteiger partial charge in [0.1, 0.15) is 17.5 Å². The topological polar surface area (TPSA) is 49.8 Å². The highest BCUT2D eigenvalue weighted by Crippen LogP contribution is 2.22. The molecule has 17 heavy (non-hydrogen) atoms. The zero-order valence-electron chi connectivity index (χ0n) is 11.8. The average molecular weight is 236 g/mol. The molecule has 1 atom stereocenters. The third-order valence-electron chi connectivity index (χ3n) is 3.06. The van der Waals surface area contributed by atoms with Gasteiger partial charge >= 0.3 is 0 Å². The van der Waals surface area contributed by atoms with E-state index in [-0.39, 0.29) is 0 Å². The van der Waals surface area contributed by atoms with Crippen molar-refractivity contribution in [2.24, 2.45) is 5.92 Å². The van der Waals surface area contributed by atoms with Crippen molar-refractivity contribution in [1.29, 1.82) is 0 Å². The van der Waals surface area contributed by atoms with Crippen LogP contribution < -0.4 is 10.6 Å². The van der Waals surface area contributed by atoms with Crippen molar-refractivity contribution >= 4 is 11.6 Å². The van der Waals surface area contributed by atoms with E-state index in [0.29, 0.717) is 12.0 Å². The van der Waals surface area contributed by atoms with Gasteiger partial charge < -0.3 is 10.6 Å². The quantitative estimate of drug-likeness (QED) is 0.825. The molecule has 0 spiro atoms. The lowest BCUT2D eigenvalue weighted by Crippen LogP contribution is -2.26. The SMILES string of the molecule is CCC(Nc1nc(C)nc(NC)c1C)C(C)C. The Bertz CT molecular complexity index is 374. The summed E-state index contributed by atoms with van der Waals surface area (Å²) in [6, 6.07) is 0.452. The predicted molar refractivity (Wildman–Crippen MR) is 73.6 cm³/mol. The van der Waals surface area contributed by atoms with Crippen LogP contribution in [-0.4, -0.2) is 23.1 Å². The van der Waals surface area contributed by atoms with Gasteiger partial charge in [-0.05, 0) is 26.2 Å². The lowest BCUT2D eigenvalue weighted by Gasteiger charge is -2.23. The van der Waals surface area contributed by atoms with E-state index in [0.717, 1.165) is 29.4 Å². The van der Waals surface area contributed by atoms with Gasteiger partial charge in [-0.1, -0.05) is 20.8 Å². The molecule has 0 radical (unpaired) electrons. The minimum absolute atomic E-state index is 0.452. The number of nitrogens with zero attached hydrogens (tertiary/aromatic N) is 2. The minimum atomic E-state index is 0.452. The highest BCUT2D eigenvalue weighted by atomic mass is 15.1. The van der Waals surface area contributed by atoms with Crippen LogP contribution in [0.15, 0.2) is 0 Å². The molecule has 0 saturated heterocycles. The van der Waals surface area contributed by atoms with Gasteiger partial charge in [0, 0.05) is 18.7 Å². The Morgan fingerprint density at radius 3 is 2.18 bits per heavy atom. The molecular formula is C13H24N4. The first kappa shape index (κ1) is 13.7. The summed E-state index contributed by atoms with van der Waals surface area (Å²) < 4.78 is 0. The van der Waals surface area contributed by atoms with Crippen LogP contribution in [0.2, 0.25) is 0 Å². The van der Waals surface area contributed by atoms with E-state index in [4.69, 9.17) is 0 Å². The second kappa shape index (κ2) is 5.84. The Balaban J connectivity index is 3.01. The van der Waals surface area contributed by atoms with Crippen molar-refractivity contribution in [3.8, 4) is 0 Å². The molecule has 1 aromatic heterocycles. The normalized spacial score (nSPS) is 12.6. The molecule has 0 fully saturated rings. The maximum Gasteiger partial charge on any atom is 0.134 e. The molecule has 1 aromatic rings. The summed E-state index contributed by atoms with van der Waals surface area (Å²) in [6.07, 6.45) is 1.09. The van der Waals surface area contributed by atoms with E-state index in [1.54, 1.807) is 0 Å². The van der Waals surface area contributed by atoms with Crippen LogP contribution in [0.25, 0.3) is 0 Å². The van der Waals surface area contributed by atoms with Gasteiger partial charge in [0.25, 0.3) is 0 Å². The van der Waals surface area contributed by atoms with Crippen LogP contribution in [0.3, 0.4) is 0 Å². The number of anilines is 2. The number of nitrogens with one attached hydrogen (secondary N) is 2. The second-order valence-corrected chi connectivity index (χ2v) is 4.75. The summed E-state index contributed by atoms with van der Waals surface area (Å²) in [5.74, 6) is 3.23. The Morgan fingerprint density at radius 2 is 1.71 bits per heavy atom. The average Bonchev–Trinajstić information content (AvgIpc) is 2.29. The van der Waals surface area contributed by atoms with E-state index in [1.807, 2.05) is 20.9 Å². The van der Waals surface area contributed by atoms with Crippen LogP contribution in [0.1, 0.15) is 38.6 Å². The first-order valence-corrected chi connectivity index (χ1v) is 6.29. The highest BCUT2D eigenvalue weighted by molar-refractivity contribution is 5.57. The number of rotatable bonds is 5. The molecule has 0 bridgehead atoms. The molecule has 0 aliphatic carbocycles. The van der Waals surface area contributed by atoms with Crippen molar-refractivity contribution in [2.45, 2.75) is 47.1 Å². The van der Waals surface area contributed by atoms with Crippen molar-refractivity contribution < 1.29 is 0 Å². The number of hydrogen-bond donors (Lipinski definition) is 2. The Labute approximate surface area is 104 Å². The number of hydrogen-bond acceptors (Lipinski definition) is 4. The molecule has 1 rings (SSSR count). The maximum absolute atomic E-state index is 4.49. The smallest absolute Gasteiger partial charge is 0.134 e. The van der Waals surface area contributed by atoms with Crippen molar-refractivity contribution in [3.63, 3.8) is 0 Å². The standard InChI is InChI=1S/C13H24N4/c1-7-11(8(2)3)17-13-9(4)12(14-6)15-10(5)16-13/h8,11H,7H2,1-6H3,(H2,14,15,16,17). The number of aryl methyl sites for hydroxylation is 1. The lowest BCUT2D eigenvalue weighted by atomic mass is 10.0. The molecule has 1 heterocycles. The Hall–Kier alpha value is -1.32. The maximum atomic E-state index is 4.49. The van der Waals surface area contributed by atoms with E-state index < -0.39 is 0 Å². The minimum Gasteiger partial charge on any atom is -0.373 e.